The number of anilines is 2. The Morgan fingerprint density at radius 3 is 2.80 bits per heavy atom. The molecule has 0 atom stereocenters. The lowest BCUT2D eigenvalue weighted by atomic mass is 10.2. The summed E-state index contributed by atoms with van der Waals surface area (Å²) in [5.74, 6) is 0.747. The molecule has 2 amide bonds. The van der Waals surface area contributed by atoms with Gasteiger partial charge in [0.25, 0.3) is 5.91 Å². The number of nitrogens with one attached hydrogen (secondary N) is 2. The van der Waals surface area contributed by atoms with Gasteiger partial charge in [-0.3, -0.25) is 14.9 Å². The Kier molecular flexibility index (Phi) is 6.07. The quantitative estimate of drug-likeness (QED) is 0.417. The van der Waals surface area contributed by atoms with E-state index in [9.17, 15) is 9.59 Å². The van der Waals surface area contributed by atoms with Crippen molar-refractivity contribution in [1.29, 1.82) is 0 Å². The van der Waals surface area contributed by atoms with E-state index >= 15 is 0 Å². The molecule has 2 N–H and O–H groups in total. The van der Waals surface area contributed by atoms with E-state index in [0.29, 0.717) is 37.2 Å². The number of aromatic nitrogens is 2. The summed E-state index contributed by atoms with van der Waals surface area (Å²) in [6.07, 6.45) is 0. The van der Waals surface area contributed by atoms with Crippen LogP contribution in [0.2, 0.25) is 5.02 Å². The number of fused-ring (bicyclic) bond motifs is 1. The van der Waals surface area contributed by atoms with Gasteiger partial charge < -0.3 is 14.8 Å². The number of nitrogens with zero attached hydrogens (tertiary/aromatic N) is 2. The summed E-state index contributed by atoms with van der Waals surface area (Å²) in [5, 5.41) is 14.3. The fraction of sp³-hybridized carbons (Fsp3) is 0.158. The number of carbonyl (C=O) groups excluding carboxylic acids is 2. The minimum Gasteiger partial charge on any atom is -0.454 e. The first-order chi connectivity index (χ1) is 14.5. The van der Waals surface area contributed by atoms with Crippen molar-refractivity contribution >= 4 is 57.3 Å². The van der Waals surface area contributed by atoms with E-state index < -0.39 is 0 Å². The molecule has 0 aliphatic carbocycles. The molecule has 0 bridgehead atoms. The number of amides is 2. The van der Waals surface area contributed by atoms with Crippen molar-refractivity contribution in [3.05, 3.63) is 52.5 Å². The standard InChI is InChI=1S/C19H15ClN4O4S2/c1-10-2-4-12(7-13(10)20)21-16(25)8-29-19-24-23-18(30-19)22-17(26)11-3-5-14-15(6-11)28-9-27-14/h2-7H,8-9H2,1H3,(H,21,25)(H,22,23,26). The van der Waals surface area contributed by atoms with Crippen LogP contribution in [0.25, 0.3) is 0 Å². The van der Waals surface area contributed by atoms with E-state index in [4.69, 9.17) is 21.1 Å². The van der Waals surface area contributed by atoms with Crippen LogP contribution in [-0.2, 0) is 4.79 Å². The maximum absolute atomic E-state index is 12.4. The smallest absolute Gasteiger partial charge is 0.257 e. The molecule has 0 saturated heterocycles. The van der Waals surface area contributed by atoms with Gasteiger partial charge in [0.1, 0.15) is 0 Å². The van der Waals surface area contributed by atoms with Gasteiger partial charge in [-0.2, -0.15) is 0 Å². The Balaban J connectivity index is 1.30. The number of aryl methyl sites for hydroxylation is 1. The van der Waals surface area contributed by atoms with Gasteiger partial charge in [0.2, 0.25) is 17.8 Å². The molecule has 154 valence electrons. The van der Waals surface area contributed by atoms with E-state index in [1.54, 1.807) is 30.3 Å². The normalized spacial score (nSPS) is 11.9. The summed E-state index contributed by atoms with van der Waals surface area (Å²) in [6.45, 7) is 2.03. The van der Waals surface area contributed by atoms with Crippen molar-refractivity contribution in [1.82, 2.24) is 10.2 Å². The zero-order chi connectivity index (χ0) is 21.1. The van der Waals surface area contributed by atoms with Gasteiger partial charge in [-0.1, -0.05) is 40.8 Å². The molecule has 2 heterocycles. The molecule has 1 aromatic heterocycles. The minimum atomic E-state index is -0.338. The van der Waals surface area contributed by atoms with Crippen molar-refractivity contribution < 1.29 is 19.1 Å². The van der Waals surface area contributed by atoms with Crippen molar-refractivity contribution in [2.45, 2.75) is 11.3 Å². The van der Waals surface area contributed by atoms with Crippen LogP contribution in [0.4, 0.5) is 10.8 Å². The first-order valence-electron chi connectivity index (χ1n) is 8.71. The van der Waals surface area contributed by atoms with Gasteiger partial charge in [-0.05, 0) is 42.8 Å². The average Bonchev–Trinajstić information content (AvgIpc) is 3.37. The molecule has 4 rings (SSSR count). The van der Waals surface area contributed by atoms with Gasteiger partial charge in [0, 0.05) is 16.3 Å². The highest BCUT2D eigenvalue weighted by molar-refractivity contribution is 8.01. The highest BCUT2D eigenvalue weighted by Gasteiger charge is 2.17. The molecular weight excluding hydrogens is 448 g/mol. The number of benzene rings is 2. The molecule has 1 aliphatic rings. The van der Waals surface area contributed by atoms with Crippen LogP contribution in [-0.4, -0.2) is 34.6 Å². The second-order valence-electron chi connectivity index (χ2n) is 6.20. The van der Waals surface area contributed by atoms with E-state index in [0.717, 1.165) is 5.56 Å². The van der Waals surface area contributed by atoms with Gasteiger partial charge in [0.05, 0.1) is 5.75 Å². The molecule has 3 aromatic rings. The Morgan fingerprint density at radius 1 is 1.13 bits per heavy atom. The van der Waals surface area contributed by atoms with Gasteiger partial charge in [-0.15, -0.1) is 10.2 Å². The lowest BCUT2D eigenvalue weighted by Crippen LogP contribution is -2.13. The van der Waals surface area contributed by atoms with Gasteiger partial charge >= 0.3 is 0 Å². The summed E-state index contributed by atoms with van der Waals surface area (Å²) < 4.78 is 11.1. The Morgan fingerprint density at radius 2 is 1.97 bits per heavy atom. The molecule has 11 heteroatoms. The molecule has 0 saturated carbocycles. The van der Waals surface area contributed by atoms with Crippen molar-refractivity contribution in [2.24, 2.45) is 0 Å². The first-order valence-corrected chi connectivity index (χ1v) is 10.9. The van der Waals surface area contributed by atoms with Crippen molar-refractivity contribution in [3.8, 4) is 11.5 Å². The number of carbonyl (C=O) groups is 2. The minimum absolute atomic E-state index is 0.141. The Labute approximate surface area is 184 Å². The third-order valence-corrected chi connectivity index (χ3v) is 6.42. The molecule has 2 aromatic carbocycles. The molecule has 0 unspecified atom stereocenters. The zero-order valence-electron chi connectivity index (χ0n) is 15.6. The molecular formula is C19H15ClN4O4S2. The number of hydrogen-bond acceptors (Lipinski definition) is 8. The SMILES string of the molecule is Cc1ccc(NC(=O)CSc2nnc(NC(=O)c3ccc4c(c3)OCO4)s2)cc1Cl. The van der Waals surface area contributed by atoms with Crippen LogP contribution in [0, 0.1) is 6.92 Å². The first kappa shape index (κ1) is 20.5. The molecule has 30 heavy (non-hydrogen) atoms. The third kappa shape index (κ3) is 4.84. The fourth-order valence-corrected chi connectivity index (χ4v) is 4.25. The zero-order valence-corrected chi connectivity index (χ0v) is 18.0. The van der Waals surface area contributed by atoms with Gasteiger partial charge in [0.15, 0.2) is 15.8 Å². The van der Waals surface area contributed by atoms with E-state index in [1.807, 2.05) is 13.0 Å². The lowest BCUT2D eigenvalue weighted by molar-refractivity contribution is -0.113. The maximum Gasteiger partial charge on any atom is 0.257 e. The van der Waals surface area contributed by atoms with Crippen LogP contribution < -0.4 is 20.1 Å². The highest BCUT2D eigenvalue weighted by atomic mass is 35.5. The lowest BCUT2D eigenvalue weighted by Gasteiger charge is -2.06. The van der Waals surface area contributed by atoms with Crippen LogP contribution in [0.1, 0.15) is 15.9 Å². The predicted octanol–water partition coefficient (Wildman–Crippen LogP) is 4.21. The Hall–Kier alpha value is -2.82. The highest BCUT2D eigenvalue weighted by Crippen LogP contribution is 2.33. The topological polar surface area (TPSA) is 102 Å². The van der Waals surface area contributed by atoms with Gasteiger partial charge in [-0.25, -0.2) is 0 Å². The number of rotatable bonds is 6. The number of thioether (sulfide) groups is 1. The van der Waals surface area contributed by atoms with Crippen LogP contribution >= 0.6 is 34.7 Å². The van der Waals surface area contributed by atoms with E-state index in [2.05, 4.69) is 20.8 Å². The number of hydrogen-bond donors (Lipinski definition) is 2. The molecule has 0 radical (unpaired) electrons. The predicted molar refractivity (Wildman–Crippen MR) is 116 cm³/mol. The second kappa shape index (κ2) is 8.90. The van der Waals surface area contributed by atoms with Crippen LogP contribution in [0.3, 0.4) is 0 Å². The summed E-state index contributed by atoms with van der Waals surface area (Å²) in [7, 11) is 0. The van der Waals surface area contributed by atoms with Crippen LogP contribution in [0.15, 0.2) is 40.7 Å². The summed E-state index contributed by atoms with van der Waals surface area (Å²) in [5.41, 5.74) is 1.98. The van der Waals surface area contributed by atoms with E-state index in [-0.39, 0.29) is 24.4 Å². The fourth-order valence-electron chi connectivity index (χ4n) is 2.52. The largest absolute Gasteiger partial charge is 0.454 e. The molecule has 0 spiro atoms. The average molecular weight is 463 g/mol. The van der Waals surface area contributed by atoms with E-state index in [1.165, 1.54) is 23.1 Å². The maximum atomic E-state index is 12.4. The molecule has 1 aliphatic heterocycles. The summed E-state index contributed by atoms with van der Waals surface area (Å²) in [4.78, 5) is 24.5. The Bertz CT molecular complexity index is 1120. The monoisotopic (exact) mass is 462 g/mol. The van der Waals surface area contributed by atoms with Crippen molar-refractivity contribution in [2.75, 3.05) is 23.2 Å². The van der Waals surface area contributed by atoms with Crippen LogP contribution in [0.5, 0.6) is 11.5 Å². The molecule has 0 fully saturated rings. The summed E-state index contributed by atoms with van der Waals surface area (Å²) >= 11 is 8.48. The number of ether oxygens (including phenoxy) is 2. The summed E-state index contributed by atoms with van der Waals surface area (Å²) in [6, 6.07) is 10.3. The third-order valence-electron chi connectivity index (χ3n) is 4.04. The van der Waals surface area contributed by atoms with Crippen molar-refractivity contribution in [3.63, 3.8) is 0 Å². The molecule has 8 nitrogen and oxygen atoms in total. The number of halogens is 1. The second-order valence-corrected chi connectivity index (χ2v) is 8.80.